The average Bonchev–Trinajstić information content (AvgIpc) is 2.87. The third kappa shape index (κ3) is 3.53. The van der Waals surface area contributed by atoms with Crippen LogP contribution in [0.4, 0.5) is 0 Å². The summed E-state index contributed by atoms with van der Waals surface area (Å²) in [7, 11) is 0. The molecule has 0 saturated carbocycles. The van der Waals surface area contributed by atoms with Crippen LogP contribution in [-0.4, -0.2) is 21.1 Å². The van der Waals surface area contributed by atoms with Gasteiger partial charge in [0.25, 0.3) is 0 Å². The second-order valence-electron chi connectivity index (χ2n) is 5.01. The molecule has 1 N–H and O–H groups in total. The third-order valence-corrected chi connectivity index (χ3v) is 3.47. The van der Waals surface area contributed by atoms with Crippen LogP contribution in [0.5, 0.6) is 0 Å². The molecular formula is C15H24N4. The highest BCUT2D eigenvalue weighted by Gasteiger charge is 2.15. The first-order valence-electron chi connectivity index (χ1n) is 7.37. The van der Waals surface area contributed by atoms with Crippen molar-refractivity contribution < 1.29 is 0 Å². The number of fused-ring (bicyclic) bond motifs is 1. The van der Waals surface area contributed by atoms with Crippen molar-refractivity contribution in [1.82, 2.24) is 19.9 Å². The lowest BCUT2D eigenvalue weighted by atomic mass is 10.0. The summed E-state index contributed by atoms with van der Waals surface area (Å²) in [6.07, 6.45) is 13.7. The molecule has 0 amide bonds. The van der Waals surface area contributed by atoms with Crippen molar-refractivity contribution in [2.45, 2.75) is 52.0 Å². The molecule has 0 saturated heterocycles. The van der Waals surface area contributed by atoms with Crippen LogP contribution < -0.4 is 5.32 Å². The Bertz CT molecular complexity index is 492. The van der Waals surface area contributed by atoms with Crippen molar-refractivity contribution in [2.24, 2.45) is 0 Å². The van der Waals surface area contributed by atoms with E-state index in [4.69, 9.17) is 0 Å². The van der Waals surface area contributed by atoms with Crippen LogP contribution in [0.25, 0.3) is 5.52 Å². The monoisotopic (exact) mass is 260 g/mol. The summed E-state index contributed by atoms with van der Waals surface area (Å²) in [5, 5.41) is 8.05. The Labute approximate surface area is 115 Å². The first-order valence-corrected chi connectivity index (χ1v) is 7.37. The van der Waals surface area contributed by atoms with Gasteiger partial charge in [0.15, 0.2) is 0 Å². The molecule has 19 heavy (non-hydrogen) atoms. The Kier molecular flexibility index (Phi) is 5.33. The van der Waals surface area contributed by atoms with E-state index < -0.39 is 0 Å². The molecular weight excluding hydrogens is 236 g/mol. The molecule has 0 aliphatic carbocycles. The largest absolute Gasteiger partial charge is 0.310 e. The van der Waals surface area contributed by atoms with Gasteiger partial charge in [-0.3, -0.25) is 4.98 Å². The van der Waals surface area contributed by atoms with E-state index in [1.54, 1.807) is 6.20 Å². The van der Waals surface area contributed by atoms with Crippen molar-refractivity contribution in [2.75, 3.05) is 6.54 Å². The van der Waals surface area contributed by atoms with Crippen LogP contribution in [0.2, 0.25) is 0 Å². The number of aromatic nitrogens is 3. The summed E-state index contributed by atoms with van der Waals surface area (Å²) in [6, 6.07) is 0.396. The number of rotatable bonds is 8. The molecule has 4 nitrogen and oxygen atoms in total. The summed E-state index contributed by atoms with van der Waals surface area (Å²) in [4.78, 5) is 4.22. The van der Waals surface area contributed by atoms with Crippen molar-refractivity contribution in [3.63, 3.8) is 0 Å². The van der Waals surface area contributed by atoms with Gasteiger partial charge in [0.2, 0.25) is 0 Å². The normalized spacial score (nSPS) is 12.9. The zero-order valence-electron chi connectivity index (χ0n) is 12.0. The molecule has 2 rings (SSSR count). The lowest BCUT2D eigenvalue weighted by Crippen LogP contribution is -2.22. The maximum atomic E-state index is 4.41. The first kappa shape index (κ1) is 14.0. The van der Waals surface area contributed by atoms with Crippen LogP contribution in [0, 0.1) is 0 Å². The molecule has 0 radical (unpaired) electrons. The zero-order chi connectivity index (χ0) is 13.5. The number of hydrogen-bond acceptors (Lipinski definition) is 3. The molecule has 104 valence electrons. The highest BCUT2D eigenvalue weighted by atomic mass is 15.2. The van der Waals surface area contributed by atoms with Crippen LogP contribution in [0.3, 0.4) is 0 Å². The standard InChI is InChI=1S/C15H24N4/c1-3-5-6-7-14(17-8-4-2)13-11-18-19-10-9-16-12-15(13)19/h9-12,14,17H,3-8H2,1-2H3. The molecule has 0 bridgehead atoms. The maximum Gasteiger partial charge on any atom is 0.0892 e. The predicted octanol–water partition coefficient (Wildman–Crippen LogP) is 3.35. The van der Waals surface area contributed by atoms with Gasteiger partial charge in [0.05, 0.1) is 17.9 Å². The minimum atomic E-state index is 0.396. The number of nitrogens with zero attached hydrogens (tertiary/aromatic N) is 3. The molecule has 0 aliphatic heterocycles. The van der Waals surface area contributed by atoms with E-state index in [-0.39, 0.29) is 0 Å². The van der Waals surface area contributed by atoms with Gasteiger partial charge in [-0.25, -0.2) is 4.52 Å². The topological polar surface area (TPSA) is 42.2 Å². The molecule has 0 aliphatic rings. The number of nitrogens with one attached hydrogen (secondary N) is 1. The van der Waals surface area contributed by atoms with E-state index in [1.807, 2.05) is 23.1 Å². The lowest BCUT2D eigenvalue weighted by Gasteiger charge is -2.17. The Morgan fingerprint density at radius 3 is 2.89 bits per heavy atom. The molecule has 0 fully saturated rings. The second-order valence-corrected chi connectivity index (χ2v) is 5.01. The summed E-state index contributed by atoms with van der Waals surface area (Å²) in [6.45, 7) is 5.50. The summed E-state index contributed by atoms with van der Waals surface area (Å²) in [5.41, 5.74) is 2.39. The minimum Gasteiger partial charge on any atom is -0.310 e. The first-order chi connectivity index (χ1) is 9.36. The lowest BCUT2D eigenvalue weighted by molar-refractivity contribution is 0.477. The number of unbranched alkanes of at least 4 members (excludes halogenated alkanes) is 2. The summed E-state index contributed by atoms with van der Waals surface area (Å²) in [5.74, 6) is 0. The fraction of sp³-hybridized carbons (Fsp3) is 0.600. The van der Waals surface area contributed by atoms with E-state index in [0.717, 1.165) is 18.5 Å². The minimum absolute atomic E-state index is 0.396. The van der Waals surface area contributed by atoms with E-state index in [0.29, 0.717) is 6.04 Å². The van der Waals surface area contributed by atoms with Gasteiger partial charge < -0.3 is 5.32 Å². The van der Waals surface area contributed by atoms with Gasteiger partial charge in [-0.1, -0.05) is 33.1 Å². The molecule has 1 unspecified atom stereocenters. The summed E-state index contributed by atoms with van der Waals surface area (Å²) >= 11 is 0. The molecule has 0 spiro atoms. The van der Waals surface area contributed by atoms with Crippen LogP contribution in [0.1, 0.15) is 57.6 Å². The van der Waals surface area contributed by atoms with E-state index in [2.05, 4.69) is 29.2 Å². The highest BCUT2D eigenvalue weighted by molar-refractivity contribution is 5.53. The Morgan fingerprint density at radius 1 is 1.21 bits per heavy atom. The molecule has 2 aromatic heterocycles. The Hall–Kier alpha value is -1.42. The summed E-state index contributed by atoms with van der Waals surface area (Å²) < 4.78 is 1.91. The van der Waals surface area contributed by atoms with Crippen molar-refractivity contribution in [3.05, 3.63) is 30.4 Å². The van der Waals surface area contributed by atoms with Gasteiger partial charge in [-0.05, 0) is 19.4 Å². The van der Waals surface area contributed by atoms with Crippen LogP contribution in [0.15, 0.2) is 24.8 Å². The van der Waals surface area contributed by atoms with Gasteiger partial charge in [0.1, 0.15) is 0 Å². The van der Waals surface area contributed by atoms with Crippen molar-refractivity contribution in [1.29, 1.82) is 0 Å². The predicted molar refractivity (Wildman–Crippen MR) is 78.2 cm³/mol. The van der Waals surface area contributed by atoms with Crippen molar-refractivity contribution >= 4 is 5.52 Å². The fourth-order valence-electron chi connectivity index (χ4n) is 2.41. The smallest absolute Gasteiger partial charge is 0.0892 e. The molecule has 0 aromatic carbocycles. The van der Waals surface area contributed by atoms with E-state index in [9.17, 15) is 0 Å². The van der Waals surface area contributed by atoms with E-state index >= 15 is 0 Å². The fourth-order valence-corrected chi connectivity index (χ4v) is 2.41. The van der Waals surface area contributed by atoms with Gasteiger partial charge in [-0.2, -0.15) is 5.10 Å². The highest BCUT2D eigenvalue weighted by Crippen LogP contribution is 2.23. The van der Waals surface area contributed by atoms with Gasteiger partial charge >= 0.3 is 0 Å². The second kappa shape index (κ2) is 7.24. The van der Waals surface area contributed by atoms with Gasteiger partial charge in [0, 0.05) is 24.0 Å². The quantitative estimate of drug-likeness (QED) is 0.740. The van der Waals surface area contributed by atoms with Gasteiger partial charge in [-0.15, -0.1) is 0 Å². The SMILES string of the molecule is CCCCCC(NCCC)c1cnn2ccncc12. The average molecular weight is 260 g/mol. The Balaban J connectivity index is 2.15. The molecule has 4 heteroatoms. The van der Waals surface area contributed by atoms with Crippen LogP contribution in [-0.2, 0) is 0 Å². The van der Waals surface area contributed by atoms with Crippen molar-refractivity contribution in [3.8, 4) is 0 Å². The molecule has 2 aromatic rings. The van der Waals surface area contributed by atoms with E-state index in [1.165, 1.54) is 31.2 Å². The molecule has 2 heterocycles. The number of hydrogen-bond donors (Lipinski definition) is 1. The maximum absolute atomic E-state index is 4.41. The zero-order valence-corrected chi connectivity index (χ0v) is 12.0. The third-order valence-electron chi connectivity index (χ3n) is 3.47. The molecule has 1 atom stereocenters. The Morgan fingerprint density at radius 2 is 2.11 bits per heavy atom. The van der Waals surface area contributed by atoms with Crippen LogP contribution >= 0.6 is 0 Å².